The molecule has 2 fully saturated rings. The predicted octanol–water partition coefficient (Wildman–Crippen LogP) is 3.27. The van der Waals surface area contributed by atoms with Crippen molar-refractivity contribution in [2.45, 2.75) is 24.6 Å². The number of halogens is 2. The second-order valence-corrected chi connectivity index (χ2v) is 7.97. The number of benzene rings is 1. The molecule has 2 aliphatic rings. The molecule has 0 spiro atoms. The molecule has 1 aliphatic heterocycles. The van der Waals surface area contributed by atoms with Gasteiger partial charge in [0.25, 0.3) is 0 Å². The molecule has 1 aromatic rings. The van der Waals surface area contributed by atoms with Crippen LogP contribution in [-0.2, 0) is 4.79 Å². The number of alkyl halides is 2. The number of nitrogens with zero attached hydrogens (tertiary/aromatic N) is 2. The van der Waals surface area contributed by atoms with Gasteiger partial charge in [-0.1, -0.05) is 6.92 Å². The van der Waals surface area contributed by atoms with Crippen molar-refractivity contribution in [3.8, 4) is 0 Å². The molecule has 1 saturated heterocycles. The summed E-state index contributed by atoms with van der Waals surface area (Å²) in [6.45, 7) is 9.62. The maximum Gasteiger partial charge on any atom is 0.230 e. The molecule has 1 amide bonds. The third-order valence-electron chi connectivity index (χ3n) is 4.79. The Morgan fingerprint density at radius 2 is 1.96 bits per heavy atom. The number of amides is 1. The normalized spacial score (nSPS) is 23.7. The lowest BCUT2D eigenvalue weighted by Crippen LogP contribution is -2.46. The van der Waals surface area contributed by atoms with E-state index in [0.29, 0.717) is 6.42 Å². The summed E-state index contributed by atoms with van der Waals surface area (Å²) >= 11 is 11.9. The summed E-state index contributed by atoms with van der Waals surface area (Å²) in [5.41, 5.74) is 3.11. The highest BCUT2D eigenvalue weighted by Gasteiger charge is 2.56. The zero-order valence-corrected chi connectivity index (χ0v) is 15.1. The number of anilines is 2. The van der Waals surface area contributed by atoms with Crippen molar-refractivity contribution < 1.29 is 4.79 Å². The van der Waals surface area contributed by atoms with Crippen molar-refractivity contribution in [2.24, 2.45) is 5.92 Å². The molecule has 1 aromatic carbocycles. The number of carbonyl (C=O) groups excluding carboxylic acids is 1. The summed E-state index contributed by atoms with van der Waals surface area (Å²) in [5, 5.41) is 2.94. The van der Waals surface area contributed by atoms with Crippen molar-refractivity contribution >= 4 is 40.5 Å². The second-order valence-electron chi connectivity index (χ2n) is 6.43. The van der Waals surface area contributed by atoms with Crippen LogP contribution in [0, 0.1) is 12.8 Å². The Kier molecular flexibility index (Phi) is 4.77. The van der Waals surface area contributed by atoms with Crippen molar-refractivity contribution in [3.63, 3.8) is 0 Å². The summed E-state index contributed by atoms with van der Waals surface area (Å²) in [6.07, 6.45) is 0.529. The SMILES string of the molecule is CCN1CCN(c2ccc(NC(=O)C3CC3(Cl)Cl)c(C)c2)CC1. The predicted molar refractivity (Wildman–Crippen MR) is 96.7 cm³/mol. The van der Waals surface area contributed by atoms with Crippen LogP contribution in [0.3, 0.4) is 0 Å². The molecule has 6 heteroatoms. The molecule has 1 unspecified atom stereocenters. The average molecular weight is 356 g/mol. The van der Waals surface area contributed by atoms with Crippen molar-refractivity contribution in [1.29, 1.82) is 0 Å². The van der Waals surface area contributed by atoms with E-state index >= 15 is 0 Å². The zero-order valence-electron chi connectivity index (χ0n) is 13.6. The Morgan fingerprint density at radius 1 is 1.30 bits per heavy atom. The van der Waals surface area contributed by atoms with Crippen LogP contribution in [0.2, 0.25) is 0 Å². The number of piperazine rings is 1. The minimum absolute atomic E-state index is 0.0950. The Balaban J connectivity index is 1.63. The molecule has 1 saturated carbocycles. The quantitative estimate of drug-likeness (QED) is 0.841. The Bertz CT molecular complexity index is 598. The summed E-state index contributed by atoms with van der Waals surface area (Å²) in [4.78, 5) is 17.0. The second kappa shape index (κ2) is 6.50. The first-order chi connectivity index (χ1) is 10.9. The molecule has 0 radical (unpaired) electrons. The molecule has 1 heterocycles. The number of rotatable bonds is 4. The number of hydrogen-bond acceptors (Lipinski definition) is 3. The minimum Gasteiger partial charge on any atom is -0.369 e. The molecular formula is C17H23Cl2N3O. The van der Waals surface area contributed by atoms with Gasteiger partial charge in [-0.05, 0) is 43.7 Å². The van der Waals surface area contributed by atoms with E-state index in [1.165, 1.54) is 5.69 Å². The van der Waals surface area contributed by atoms with Gasteiger partial charge in [0.2, 0.25) is 5.91 Å². The summed E-state index contributed by atoms with van der Waals surface area (Å²) in [6, 6.07) is 6.19. The topological polar surface area (TPSA) is 35.6 Å². The molecule has 1 N–H and O–H groups in total. The Morgan fingerprint density at radius 3 is 2.48 bits per heavy atom. The highest BCUT2D eigenvalue weighted by atomic mass is 35.5. The number of aryl methyl sites for hydroxylation is 1. The van der Waals surface area contributed by atoms with E-state index in [0.717, 1.165) is 44.0 Å². The fraction of sp³-hybridized carbons (Fsp3) is 0.588. The standard InChI is InChI=1S/C17H23Cl2N3O/c1-3-21-6-8-22(9-7-21)13-4-5-15(12(2)10-13)20-16(23)14-11-17(14,18)19/h4-5,10,14H,3,6-9,11H2,1-2H3,(H,20,23). The molecule has 1 atom stereocenters. The lowest BCUT2D eigenvalue weighted by molar-refractivity contribution is -0.117. The lowest BCUT2D eigenvalue weighted by atomic mass is 10.1. The average Bonchev–Trinajstić information content (AvgIpc) is 3.18. The number of likely N-dealkylation sites (N-methyl/N-ethyl adjacent to an activating group) is 1. The first kappa shape index (κ1) is 16.9. The van der Waals surface area contributed by atoms with Gasteiger partial charge in [-0.3, -0.25) is 4.79 Å². The molecule has 23 heavy (non-hydrogen) atoms. The third-order valence-corrected chi connectivity index (χ3v) is 5.63. The molecule has 126 valence electrons. The van der Waals surface area contributed by atoms with Gasteiger partial charge in [-0.15, -0.1) is 23.2 Å². The Hall–Kier alpha value is -0.970. The summed E-state index contributed by atoms with van der Waals surface area (Å²) in [7, 11) is 0. The van der Waals surface area contributed by atoms with Crippen LogP contribution in [-0.4, -0.2) is 47.9 Å². The van der Waals surface area contributed by atoms with Crippen molar-refractivity contribution in [1.82, 2.24) is 4.90 Å². The number of nitrogens with one attached hydrogen (secondary N) is 1. The maximum absolute atomic E-state index is 12.1. The van der Waals surface area contributed by atoms with Crippen LogP contribution in [0.15, 0.2) is 18.2 Å². The van der Waals surface area contributed by atoms with Crippen LogP contribution in [0.25, 0.3) is 0 Å². The van der Waals surface area contributed by atoms with E-state index < -0.39 is 4.33 Å². The van der Waals surface area contributed by atoms with Gasteiger partial charge < -0.3 is 15.1 Å². The molecule has 1 aliphatic carbocycles. The Labute approximate surface area is 147 Å². The van der Waals surface area contributed by atoms with E-state index in [2.05, 4.69) is 34.2 Å². The monoisotopic (exact) mass is 355 g/mol. The highest BCUT2D eigenvalue weighted by molar-refractivity contribution is 6.52. The summed E-state index contributed by atoms with van der Waals surface area (Å²) in [5.74, 6) is -0.394. The smallest absolute Gasteiger partial charge is 0.230 e. The van der Waals surface area contributed by atoms with Gasteiger partial charge in [0.15, 0.2) is 0 Å². The van der Waals surface area contributed by atoms with E-state index in [9.17, 15) is 4.79 Å². The largest absolute Gasteiger partial charge is 0.369 e. The number of hydrogen-bond donors (Lipinski definition) is 1. The van der Waals surface area contributed by atoms with E-state index in [1.807, 2.05) is 13.0 Å². The van der Waals surface area contributed by atoms with E-state index in [1.54, 1.807) is 0 Å². The molecule has 4 nitrogen and oxygen atoms in total. The van der Waals surface area contributed by atoms with E-state index in [-0.39, 0.29) is 11.8 Å². The maximum atomic E-state index is 12.1. The first-order valence-corrected chi connectivity index (χ1v) is 8.93. The van der Waals surface area contributed by atoms with Crippen LogP contribution in [0.1, 0.15) is 18.9 Å². The van der Waals surface area contributed by atoms with Crippen molar-refractivity contribution in [2.75, 3.05) is 42.9 Å². The minimum atomic E-state index is -0.878. The molecule has 3 rings (SSSR count). The van der Waals surface area contributed by atoms with Gasteiger partial charge in [0.05, 0.1) is 5.92 Å². The zero-order chi connectivity index (χ0) is 16.6. The van der Waals surface area contributed by atoms with E-state index in [4.69, 9.17) is 23.2 Å². The first-order valence-electron chi connectivity index (χ1n) is 8.17. The van der Waals surface area contributed by atoms with Gasteiger partial charge in [-0.2, -0.15) is 0 Å². The molecular weight excluding hydrogens is 333 g/mol. The molecule has 0 bridgehead atoms. The van der Waals surface area contributed by atoms with Crippen LogP contribution >= 0.6 is 23.2 Å². The fourth-order valence-electron chi connectivity index (χ4n) is 3.02. The number of carbonyl (C=O) groups is 1. The lowest BCUT2D eigenvalue weighted by Gasteiger charge is -2.35. The van der Waals surface area contributed by atoms with Gasteiger partial charge in [0, 0.05) is 37.6 Å². The van der Waals surface area contributed by atoms with Gasteiger partial charge in [0.1, 0.15) is 4.33 Å². The highest BCUT2D eigenvalue weighted by Crippen LogP contribution is 2.53. The molecule has 0 aromatic heterocycles. The van der Waals surface area contributed by atoms with Crippen molar-refractivity contribution in [3.05, 3.63) is 23.8 Å². The van der Waals surface area contributed by atoms with Crippen LogP contribution in [0.5, 0.6) is 0 Å². The van der Waals surface area contributed by atoms with Crippen LogP contribution in [0.4, 0.5) is 11.4 Å². The fourth-order valence-corrected chi connectivity index (χ4v) is 3.53. The third kappa shape index (κ3) is 3.76. The van der Waals surface area contributed by atoms with Gasteiger partial charge >= 0.3 is 0 Å². The summed E-state index contributed by atoms with van der Waals surface area (Å²) < 4.78 is -0.878. The van der Waals surface area contributed by atoms with Gasteiger partial charge in [-0.25, -0.2) is 0 Å². The van der Waals surface area contributed by atoms with Crippen LogP contribution < -0.4 is 10.2 Å².